The van der Waals surface area contributed by atoms with Gasteiger partial charge in [0.05, 0.1) is 0 Å². The van der Waals surface area contributed by atoms with Crippen molar-refractivity contribution >= 4 is 0 Å². The van der Waals surface area contributed by atoms with Crippen molar-refractivity contribution in [2.45, 2.75) is 6.42 Å². The maximum atomic E-state index is 2.12. The highest BCUT2D eigenvalue weighted by Crippen LogP contribution is 1.91. The largest absolute Gasteiger partial charge is 0.0807 e. The van der Waals surface area contributed by atoms with Crippen molar-refractivity contribution in [3.05, 3.63) is 48.6 Å². The minimum Gasteiger partial charge on any atom is -0.0807 e. The molecule has 0 fully saturated rings. The van der Waals surface area contributed by atoms with Crippen LogP contribution in [0.4, 0.5) is 0 Å². The predicted octanol–water partition coefficient (Wildman–Crippen LogP) is 2.61. The molecule has 0 N–H and O–H groups in total. The van der Waals surface area contributed by atoms with Gasteiger partial charge < -0.3 is 0 Å². The number of hydrogen-bond acceptors (Lipinski definition) is 0. The van der Waals surface area contributed by atoms with E-state index in [-0.39, 0.29) is 0 Å². The molecule has 0 heterocycles. The van der Waals surface area contributed by atoms with Crippen molar-refractivity contribution in [1.82, 2.24) is 0 Å². The van der Waals surface area contributed by atoms with Gasteiger partial charge in [0.1, 0.15) is 0 Å². The fourth-order valence-electron chi connectivity index (χ4n) is 0.649. The molecule has 9 heavy (non-hydrogen) atoms. The molecule has 0 unspecified atom stereocenters. The Bertz CT molecular complexity index is 148. The normalized spacial score (nSPS) is 24.0. The van der Waals surface area contributed by atoms with Crippen molar-refractivity contribution in [2.75, 3.05) is 0 Å². The maximum Gasteiger partial charge on any atom is -0.0163 e. The lowest BCUT2D eigenvalue weighted by atomic mass is 10.3. The van der Waals surface area contributed by atoms with E-state index in [1.165, 1.54) is 0 Å². The average Bonchev–Trinajstić information content (AvgIpc) is 2.00. The fraction of sp³-hybridized carbons (Fsp3) is 0.111. The van der Waals surface area contributed by atoms with Gasteiger partial charge in [0.2, 0.25) is 0 Å². The molecule has 0 saturated carbocycles. The monoisotopic (exact) mass is 118 g/mol. The van der Waals surface area contributed by atoms with Crippen LogP contribution in [0, 0.1) is 0 Å². The lowest BCUT2D eigenvalue weighted by Gasteiger charge is -1.74. The summed E-state index contributed by atoms with van der Waals surface area (Å²) in [6, 6.07) is 0. The molecule has 0 nitrogen and oxygen atoms in total. The molecule has 46 valence electrons. The SMILES string of the molecule is C1=C/C=C\C/C=C\C=C1. The molecule has 0 aromatic rings. The molecular weight excluding hydrogens is 108 g/mol. The Morgan fingerprint density at radius 2 is 1.00 bits per heavy atom. The first-order chi connectivity index (χ1) is 4.50. The van der Waals surface area contributed by atoms with E-state index < -0.39 is 0 Å². The molecular formula is C9H10. The van der Waals surface area contributed by atoms with Crippen LogP contribution in [0.5, 0.6) is 0 Å². The summed E-state index contributed by atoms with van der Waals surface area (Å²) < 4.78 is 0. The molecule has 0 radical (unpaired) electrons. The van der Waals surface area contributed by atoms with Crippen molar-refractivity contribution in [1.29, 1.82) is 0 Å². The van der Waals surface area contributed by atoms with Crippen LogP contribution in [0.15, 0.2) is 48.6 Å². The molecule has 0 bridgehead atoms. The summed E-state index contributed by atoms with van der Waals surface area (Å²) >= 11 is 0. The van der Waals surface area contributed by atoms with Crippen molar-refractivity contribution in [3.63, 3.8) is 0 Å². The first-order valence-electron chi connectivity index (χ1n) is 3.15. The van der Waals surface area contributed by atoms with Crippen LogP contribution in [-0.4, -0.2) is 0 Å². The average molecular weight is 118 g/mol. The van der Waals surface area contributed by atoms with Gasteiger partial charge in [-0.25, -0.2) is 0 Å². The zero-order valence-electron chi connectivity index (χ0n) is 5.33. The van der Waals surface area contributed by atoms with Crippen LogP contribution in [0.1, 0.15) is 6.42 Å². The lowest BCUT2D eigenvalue weighted by Crippen LogP contribution is -1.53. The second-order valence-electron chi connectivity index (χ2n) is 1.86. The smallest absolute Gasteiger partial charge is 0.0163 e. The topological polar surface area (TPSA) is 0 Å². The van der Waals surface area contributed by atoms with Gasteiger partial charge in [0.15, 0.2) is 0 Å². The van der Waals surface area contributed by atoms with Crippen LogP contribution in [0.3, 0.4) is 0 Å². The first-order valence-corrected chi connectivity index (χ1v) is 3.15. The Balaban J connectivity index is 2.60. The van der Waals surface area contributed by atoms with Gasteiger partial charge in [0.25, 0.3) is 0 Å². The Labute approximate surface area is 55.9 Å². The van der Waals surface area contributed by atoms with Crippen LogP contribution >= 0.6 is 0 Å². The van der Waals surface area contributed by atoms with Gasteiger partial charge in [0, 0.05) is 0 Å². The van der Waals surface area contributed by atoms with Gasteiger partial charge in [-0.15, -0.1) is 0 Å². The molecule has 0 aliphatic heterocycles. The fourth-order valence-corrected chi connectivity index (χ4v) is 0.649. The third kappa shape index (κ3) is 2.70. The third-order valence-corrected chi connectivity index (χ3v) is 1.10. The Hall–Kier alpha value is -1.04. The summed E-state index contributed by atoms with van der Waals surface area (Å²) in [7, 11) is 0. The predicted molar refractivity (Wildman–Crippen MR) is 41.2 cm³/mol. The highest BCUT2D eigenvalue weighted by molar-refractivity contribution is 5.18. The molecule has 0 aromatic carbocycles. The number of allylic oxidation sites excluding steroid dienone is 8. The number of rotatable bonds is 0. The van der Waals surface area contributed by atoms with E-state index >= 15 is 0 Å². The Morgan fingerprint density at radius 1 is 0.556 bits per heavy atom. The summed E-state index contributed by atoms with van der Waals surface area (Å²) in [5, 5.41) is 0. The molecule has 0 aromatic heterocycles. The van der Waals surface area contributed by atoms with Gasteiger partial charge in [-0.1, -0.05) is 48.6 Å². The summed E-state index contributed by atoms with van der Waals surface area (Å²) in [4.78, 5) is 0. The van der Waals surface area contributed by atoms with Gasteiger partial charge >= 0.3 is 0 Å². The highest BCUT2D eigenvalue weighted by atomic mass is 13.8. The molecule has 0 heteroatoms. The first kappa shape index (κ1) is 6.09. The van der Waals surface area contributed by atoms with Crippen molar-refractivity contribution < 1.29 is 0 Å². The van der Waals surface area contributed by atoms with E-state index in [4.69, 9.17) is 0 Å². The van der Waals surface area contributed by atoms with Crippen LogP contribution in [0.2, 0.25) is 0 Å². The summed E-state index contributed by atoms with van der Waals surface area (Å²) in [5.41, 5.74) is 0. The van der Waals surface area contributed by atoms with E-state index in [2.05, 4.69) is 24.3 Å². The zero-order chi connectivity index (χ0) is 6.36. The summed E-state index contributed by atoms with van der Waals surface area (Å²) in [6.45, 7) is 0. The Morgan fingerprint density at radius 3 is 1.56 bits per heavy atom. The van der Waals surface area contributed by atoms with E-state index in [0.717, 1.165) is 6.42 Å². The molecule has 1 aliphatic rings. The molecule has 0 atom stereocenters. The summed E-state index contributed by atoms with van der Waals surface area (Å²) in [6.07, 6.45) is 17.5. The zero-order valence-corrected chi connectivity index (χ0v) is 5.33. The van der Waals surface area contributed by atoms with Crippen molar-refractivity contribution in [2.24, 2.45) is 0 Å². The maximum absolute atomic E-state index is 2.12. The van der Waals surface area contributed by atoms with Gasteiger partial charge in [-0.3, -0.25) is 0 Å². The second kappa shape index (κ2) is 3.90. The van der Waals surface area contributed by atoms with Crippen LogP contribution in [0.25, 0.3) is 0 Å². The minimum atomic E-state index is 1.04. The van der Waals surface area contributed by atoms with E-state index in [1.807, 2.05) is 24.3 Å². The van der Waals surface area contributed by atoms with Crippen LogP contribution < -0.4 is 0 Å². The quantitative estimate of drug-likeness (QED) is 0.458. The number of hydrogen-bond donors (Lipinski definition) is 0. The molecule has 0 amide bonds. The summed E-state index contributed by atoms with van der Waals surface area (Å²) in [5.74, 6) is 0. The molecule has 1 aliphatic carbocycles. The van der Waals surface area contributed by atoms with E-state index in [1.54, 1.807) is 0 Å². The van der Waals surface area contributed by atoms with Crippen molar-refractivity contribution in [3.8, 4) is 0 Å². The van der Waals surface area contributed by atoms with Crippen LogP contribution in [-0.2, 0) is 0 Å². The molecule has 0 spiro atoms. The Kier molecular flexibility index (Phi) is 2.64. The van der Waals surface area contributed by atoms with Gasteiger partial charge in [-0.05, 0) is 6.42 Å². The molecule has 0 saturated heterocycles. The van der Waals surface area contributed by atoms with Gasteiger partial charge in [-0.2, -0.15) is 0 Å². The standard InChI is InChI=1S/C9H10/c1-2-4-6-8-9-7-5-3-1/h1-8H,9H2/b3-1?,4-2?,7-5-,8-6-. The van der Waals surface area contributed by atoms with E-state index in [0.29, 0.717) is 0 Å². The third-order valence-electron chi connectivity index (χ3n) is 1.10. The lowest BCUT2D eigenvalue weighted by molar-refractivity contribution is 1.40. The molecule has 1 rings (SSSR count). The van der Waals surface area contributed by atoms with E-state index in [9.17, 15) is 0 Å². The minimum absolute atomic E-state index is 1.04. The second-order valence-corrected chi connectivity index (χ2v) is 1.86. The highest BCUT2D eigenvalue weighted by Gasteiger charge is 1.70.